The Hall–Kier alpha value is -0.800. The Balaban J connectivity index is 2.54. The number of pyridine rings is 1. The first kappa shape index (κ1) is 12.3. The molecular formula is C11H16ClNO2. The molecule has 3 nitrogen and oxygen atoms in total. The summed E-state index contributed by atoms with van der Waals surface area (Å²) in [6.45, 7) is 4.49. The van der Waals surface area contributed by atoms with Crippen molar-refractivity contribution in [2.24, 2.45) is 0 Å². The van der Waals surface area contributed by atoms with Gasteiger partial charge in [0.25, 0.3) is 0 Å². The summed E-state index contributed by atoms with van der Waals surface area (Å²) in [4.78, 5) is 4.01. The second-order valence-electron chi connectivity index (χ2n) is 3.36. The third-order valence-electron chi connectivity index (χ3n) is 2.21. The lowest BCUT2D eigenvalue weighted by Crippen LogP contribution is -2.19. The molecule has 0 aliphatic heterocycles. The van der Waals surface area contributed by atoms with Crippen molar-refractivity contribution in [3.8, 4) is 5.75 Å². The first-order chi connectivity index (χ1) is 7.17. The number of ether oxygens (including phenoxy) is 2. The van der Waals surface area contributed by atoms with E-state index in [0.717, 1.165) is 17.7 Å². The molecule has 1 rings (SSSR count). The minimum absolute atomic E-state index is 0.126. The lowest BCUT2D eigenvalue weighted by atomic mass is 10.3. The van der Waals surface area contributed by atoms with Gasteiger partial charge in [0.1, 0.15) is 17.5 Å². The molecule has 0 aliphatic rings. The van der Waals surface area contributed by atoms with Crippen LogP contribution < -0.4 is 4.74 Å². The number of methoxy groups -OCH3 is 1. The quantitative estimate of drug-likeness (QED) is 0.728. The van der Waals surface area contributed by atoms with Crippen LogP contribution >= 0.6 is 11.6 Å². The first-order valence-corrected chi connectivity index (χ1v) is 5.33. The van der Waals surface area contributed by atoms with Crippen LogP contribution in [0.2, 0.25) is 5.15 Å². The number of aromatic nitrogens is 1. The maximum absolute atomic E-state index is 5.81. The lowest BCUT2D eigenvalue weighted by Gasteiger charge is -2.14. The Bertz CT molecular complexity index is 313. The Kier molecular flexibility index (Phi) is 4.85. The van der Waals surface area contributed by atoms with E-state index in [-0.39, 0.29) is 6.10 Å². The molecule has 84 valence electrons. The fourth-order valence-electron chi connectivity index (χ4n) is 1.15. The summed E-state index contributed by atoms with van der Waals surface area (Å²) in [6, 6.07) is 1.87. The molecule has 1 aromatic heterocycles. The molecular weight excluding hydrogens is 214 g/mol. The molecule has 0 radical (unpaired) electrons. The SMILES string of the molecule is CCC(COc1cnc(Cl)c(C)c1)OC. The van der Waals surface area contributed by atoms with Crippen LogP contribution in [0, 0.1) is 6.92 Å². The van der Waals surface area contributed by atoms with E-state index in [0.29, 0.717) is 11.8 Å². The predicted octanol–water partition coefficient (Wildman–Crippen LogP) is 2.85. The number of rotatable bonds is 5. The highest BCUT2D eigenvalue weighted by molar-refractivity contribution is 6.30. The van der Waals surface area contributed by atoms with Gasteiger partial charge in [0.15, 0.2) is 0 Å². The normalized spacial score (nSPS) is 12.5. The van der Waals surface area contributed by atoms with Crippen molar-refractivity contribution >= 4 is 11.6 Å². The van der Waals surface area contributed by atoms with Gasteiger partial charge in [0.05, 0.1) is 12.3 Å². The molecule has 0 amide bonds. The van der Waals surface area contributed by atoms with E-state index in [1.807, 2.05) is 13.0 Å². The van der Waals surface area contributed by atoms with Gasteiger partial charge in [-0.05, 0) is 25.0 Å². The van der Waals surface area contributed by atoms with Crippen molar-refractivity contribution in [1.82, 2.24) is 4.98 Å². The van der Waals surface area contributed by atoms with Gasteiger partial charge in [-0.1, -0.05) is 18.5 Å². The second-order valence-corrected chi connectivity index (χ2v) is 3.71. The molecule has 1 unspecified atom stereocenters. The zero-order chi connectivity index (χ0) is 11.3. The zero-order valence-corrected chi connectivity index (χ0v) is 10.0. The van der Waals surface area contributed by atoms with Gasteiger partial charge < -0.3 is 9.47 Å². The molecule has 0 aliphatic carbocycles. The molecule has 0 aromatic carbocycles. The Morgan fingerprint density at radius 2 is 2.27 bits per heavy atom. The summed E-state index contributed by atoms with van der Waals surface area (Å²) in [6.07, 6.45) is 2.68. The molecule has 4 heteroatoms. The number of halogens is 1. The Labute approximate surface area is 95.4 Å². The molecule has 1 aromatic rings. The van der Waals surface area contributed by atoms with Crippen LogP contribution in [0.3, 0.4) is 0 Å². The molecule has 1 heterocycles. The standard InChI is InChI=1S/C11H16ClNO2/c1-4-9(14-3)7-15-10-5-8(2)11(12)13-6-10/h5-6,9H,4,7H2,1-3H3. The van der Waals surface area contributed by atoms with Gasteiger partial charge in [-0.2, -0.15) is 0 Å². The van der Waals surface area contributed by atoms with Crippen LogP contribution in [0.4, 0.5) is 0 Å². The highest BCUT2D eigenvalue weighted by atomic mass is 35.5. The van der Waals surface area contributed by atoms with Crippen molar-refractivity contribution in [2.75, 3.05) is 13.7 Å². The smallest absolute Gasteiger partial charge is 0.138 e. The summed E-state index contributed by atoms with van der Waals surface area (Å²) in [5.74, 6) is 0.729. The average molecular weight is 230 g/mol. The molecule has 15 heavy (non-hydrogen) atoms. The second kappa shape index (κ2) is 5.93. The number of nitrogens with zero attached hydrogens (tertiary/aromatic N) is 1. The van der Waals surface area contributed by atoms with Crippen molar-refractivity contribution in [1.29, 1.82) is 0 Å². The van der Waals surface area contributed by atoms with Gasteiger partial charge in [-0.3, -0.25) is 0 Å². The van der Waals surface area contributed by atoms with E-state index < -0.39 is 0 Å². The molecule has 0 fully saturated rings. The van der Waals surface area contributed by atoms with Crippen LogP contribution in [-0.4, -0.2) is 24.8 Å². The topological polar surface area (TPSA) is 31.4 Å². The zero-order valence-electron chi connectivity index (χ0n) is 9.29. The summed E-state index contributed by atoms with van der Waals surface area (Å²) < 4.78 is 10.7. The maximum Gasteiger partial charge on any atom is 0.138 e. The summed E-state index contributed by atoms with van der Waals surface area (Å²) >= 11 is 5.81. The van der Waals surface area contributed by atoms with Crippen molar-refractivity contribution in [3.63, 3.8) is 0 Å². The van der Waals surface area contributed by atoms with Gasteiger partial charge in [-0.25, -0.2) is 4.98 Å². The van der Waals surface area contributed by atoms with Gasteiger partial charge in [0, 0.05) is 7.11 Å². The van der Waals surface area contributed by atoms with E-state index in [1.165, 1.54) is 0 Å². The molecule has 0 spiro atoms. The Morgan fingerprint density at radius 1 is 1.53 bits per heavy atom. The summed E-state index contributed by atoms with van der Waals surface area (Å²) in [5, 5.41) is 0.515. The molecule has 0 saturated carbocycles. The van der Waals surface area contributed by atoms with Crippen LogP contribution in [0.5, 0.6) is 5.75 Å². The van der Waals surface area contributed by atoms with Crippen LogP contribution in [0.15, 0.2) is 12.3 Å². The predicted molar refractivity (Wildman–Crippen MR) is 60.6 cm³/mol. The van der Waals surface area contributed by atoms with E-state index in [9.17, 15) is 0 Å². The highest BCUT2D eigenvalue weighted by Gasteiger charge is 2.06. The van der Waals surface area contributed by atoms with Gasteiger partial charge in [0.2, 0.25) is 0 Å². The number of hydrogen-bond donors (Lipinski definition) is 0. The van der Waals surface area contributed by atoms with Gasteiger partial charge >= 0.3 is 0 Å². The van der Waals surface area contributed by atoms with Crippen molar-refractivity contribution in [2.45, 2.75) is 26.4 Å². The third-order valence-corrected chi connectivity index (χ3v) is 2.61. The van der Waals surface area contributed by atoms with Crippen LogP contribution in [0.25, 0.3) is 0 Å². The number of aryl methyl sites for hydroxylation is 1. The summed E-state index contributed by atoms with van der Waals surface area (Å²) in [5.41, 5.74) is 0.916. The summed E-state index contributed by atoms with van der Waals surface area (Å²) in [7, 11) is 1.68. The van der Waals surface area contributed by atoms with Crippen LogP contribution in [-0.2, 0) is 4.74 Å². The maximum atomic E-state index is 5.81. The fourth-order valence-corrected chi connectivity index (χ4v) is 1.26. The largest absolute Gasteiger partial charge is 0.489 e. The van der Waals surface area contributed by atoms with Crippen LogP contribution in [0.1, 0.15) is 18.9 Å². The van der Waals surface area contributed by atoms with E-state index in [4.69, 9.17) is 21.1 Å². The minimum atomic E-state index is 0.126. The van der Waals surface area contributed by atoms with Gasteiger partial charge in [-0.15, -0.1) is 0 Å². The Morgan fingerprint density at radius 3 is 2.80 bits per heavy atom. The molecule has 0 N–H and O–H groups in total. The molecule has 0 saturated heterocycles. The average Bonchev–Trinajstić information content (AvgIpc) is 2.24. The van der Waals surface area contributed by atoms with E-state index in [2.05, 4.69) is 11.9 Å². The molecule has 1 atom stereocenters. The van der Waals surface area contributed by atoms with Crippen molar-refractivity contribution < 1.29 is 9.47 Å². The first-order valence-electron chi connectivity index (χ1n) is 4.95. The number of hydrogen-bond acceptors (Lipinski definition) is 3. The van der Waals surface area contributed by atoms with E-state index in [1.54, 1.807) is 13.3 Å². The van der Waals surface area contributed by atoms with E-state index >= 15 is 0 Å². The highest BCUT2D eigenvalue weighted by Crippen LogP contribution is 2.18. The third kappa shape index (κ3) is 3.68. The monoisotopic (exact) mass is 229 g/mol. The lowest BCUT2D eigenvalue weighted by molar-refractivity contribution is 0.0554. The van der Waals surface area contributed by atoms with Crippen molar-refractivity contribution in [3.05, 3.63) is 23.0 Å². The minimum Gasteiger partial charge on any atom is -0.489 e. The molecule has 0 bridgehead atoms. The fraction of sp³-hybridized carbons (Fsp3) is 0.545.